The molecule has 0 saturated carbocycles. The molecule has 5 heteroatoms. The summed E-state index contributed by atoms with van der Waals surface area (Å²) in [5.74, 6) is 1.98. The van der Waals surface area contributed by atoms with Gasteiger partial charge in [0, 0.05) is 37.2 Å². The van der Waals surface area contributed by atoms with Crippen molar-refractivity contribution in [3.05, 3.63) is 23.4 Å². The zero-order valence-electron chi connectivity index (χ0n) is 20.4. The highest BCUT2D eigenvalue weighted by atomic mass is 16.5. The van der Waals surface area contributed by atoms with Crippen molar-refractivity contribution < 1.29 is 9.53 Å². The highest BCUT2D eigenvalue weighted by Crippen LogP contribution is 2.39. The van der Waals surface area contributed by atoms with Crippen LogP contribution in [0.4, 0.5) is 5.82 Å². The van der Waals surface area contributed by atoms with Gasteiger partial charge in [0.25, 0.3) is 0 Å². The maximum Gasteiger partial charge on any atom is 0.305 e. The first-order valence-corrected chi connectivity index (χ1v) is 12.0. The molecular weight excluding hydrogens is 386 g/mol. The third-order valence-corrected chi connectivity index (χ3v) is 6.97. The minimum atomic E-state index is -0.316. The number of rotatable bonds is 12. The quantitative estimate of drug-likeness (QED) is 0.382. The van der Waals surface area contributed by atoms with Crippen LogP contribution in [0.1, 0.15) is 90.2 Å². The van der Waals surface area contributed by atoms with Crippen LogP contribution in [0.3, 0.4) is 0 Å². The Morgan fingerprint density at radius 2 is 2.06 bits per heavy atom. The molecule has 5 nitrogen and oxygen atoms in total. The van der Waals surface area contributed by atoms with E-state index in [4.69, 9.17) is 4.74 Å². The van der Waals surface area contributed by atoms with E-state index in [2.05, 4.69) is 43.6 Å². The number of esters is 1. The molecule has 1 aromatic rings. The minimum absolute atomic E-state index is 0.0929. The number of aryl methyl sites for hydroxylation is 1. The largest absolute Gasteiger partial charge is 0.465 e. The van der Waals surface area contributed by atoms with E-state index >= 15 is 0 Å². The molecule has 1 aliphatic heterocycles. The van der Waals surface area contributed by atoms with E-state index in [9.17, 15) is 10.1 Å². The van der Waals surface area contributed by atoms with Crippen molar-refractivity contribution in [2.24, 2.45) is 17.3 Å². The second-order valence-electron chi connectivity index (χ2n) is 9.84. The molecule has 1 aliphatic rings. The Kier molecular flexibility index (Phi) is 9.34. The molecular formula is C26H41N3O2. The number of unbranched alkanes of at least 4 members (excludes halogenated alkanes) is 1. The third-order valence-electron chi connectivity index (χ3n) is 6.97. The first-order chi connectivity index (χ1) is 14.7. The number of hydrogen-bond acceptors (Lipinski definition) is 5. The number of nitriles is 1. The van der Waals surface area contributed by atoms with E-state index in [-0.39, 0.29) is 17.3 Å². The predicted octanol–water partition coefficient (Wildman–Crippen LogP) is 6.02. The monoisotopic (exact) mass is 427 g/mol. The van der Waals surface area contributed by atoms with Crippen LogP contribution in [0.2, 0.25) is 0 Å². The van der Waals surface area contributed by atoms with Crippen LogP contribution >= 0.6 is 0 Å². The minimum Gasteiger partial charge on any atom is -0.465 e. The van der Waals surface area contributed by atoms with Crippen molar-refractivity contribution >= 4 is 11.8 Å². The van der Waals surface area contributed by atoms with E-state index in [0.717, 1.165) is 38.2 Å². The van der Waals surface area contributed by atoms with Crippen molar-refractivity contribution in [3.63, 3.8) is 0 Å². The Morgan fingerprint density at radius 3 is 2.68 bits per heavy atom. The number of pyridine rings is 1. The Balaban J connectivity index is 1.93. The molecule has 0 radical (unpaired) electrons. The van der Waals surface area contributed by atoms with Gasteiger partial charge < -0.3 is 9.64 Å². The third kappa shape index (κ3) is 6.69. The van der Waals surface area contributed by atoms with Gasteiger partial charge in [-0.15, -0.1) is 0 Å². The molecule has 2 heterocycles. The zero-order valence-corrected chi connectivity index (χ0v) is 20.4. The van der Waals surface area contributed by atoms with Gasteiger partial charge >= 0.3 is 5.97 Å². The Morgan fingerprint density at radius 1 is 1.35 bits per heavy atom. The molecule has 1 aromatic heterocycles. The molecule has 0 N–H and O–H groups in total. The van der Waals surface area contributed by atoms with Crippen LogP contribution in [0.5, 0.6) is 0 Å². The van der Waals surface area contributed by atoms with E-state index < -0.39 is 0 Å². The zero-order chi connectivity index (χ0) is 23.0. The maximum atomic E-state index is 12.4. The van der Waals surface area contributed by atoms with Crippen molar-refractivity contribution in [1.82, 2.24) is 4.98 Å². The van der Waals surface area contributed by atoms with Gasteiger partial charge in [-0.1, -0.05) is 40.0 Å². The smallest absolute Gasteiger partial charge is 0.305 e. The average Bonchev–Trinajstić information content (AvgIpc) is 2.71. The van der Waals surface area contributed by atoms with Crippen LogP contribution in [-0.2, 0) is 9.53 Å². The maximum absolute atomic E-state index is 12.4. The summed E-state index contributed by atoms with van der Waals surface area (Å²) >= 11 is 0. The number of nitrogens with zero attached hydrogens (tertiary/aromatic N) is 3. The molecule has 0 aromatic carbocycles. The molecule has 1 fully saturated rings. The van der Waals surface area contributed by atoms with E-state index in [0.29, 0.717) is 24.9 Å². The van der Waals surface area contributed by atoms with Gasteiger partial charge in [-0.25, -0.2) is 4.98 Å². The number of aromatic nitrogens is 1. The van der Waals surface area contributed by atoms with Crippen LogP contribution in [0.15, 0.2) is 12.3 Å². The summed E-state index contributed by atoms with van der Waals surface area (Å²) in [6, 6.07) is 4.48. The summed E-state index contributed by atoms with van der Waals surface area (Å²) in [5, 5.41) is 9.40. The summed E-state index contributed by atoms with van der Waals surface area (Å²) in [5.41, 5.74) is 2.11. The van der Waals surface area contributed by atoms with Crippen LogP contribution in [0, 0.1) is 35.5 Å². The summed E-state index contributed by atoms with van der Waals surface area (Å²) < 4.78 is 5.59. The highest BCUT2D eigenvalue weighted by molar-refractivity contribution is 5.69. The Hall–Kier alpha value is -2.09. The van der Waals surface area contributed by atoms with Crippen LogP contribution < -0.4 is 4.90 Å². The number of anilines is 1. The summed E-state index contributed by atoms with van der Waals surface area (Å²) in [6.45, 7) is 14.9. The second-order valence-corrected chi connectivity index (χ2v) is 9.84. The van der Waals surface area contributed by atoms with Gasteiger partial charge in [0.05, 0.1) is 18.1 Å². The molecule has 0 spiro atoms. The predicted molar refractivity (Wildman–Crippen MR) is 126 cm³/mol. The topological polar surface area (TPSA) is 66.2 Å². The van der Waals surface area contributed by atoms with Crippen molar-refractivity contribution in [2.45, 2.75) is 86.0 Å². The fraction of sp³-hybridized carbons (Fsp3) is 0.731. The summed E-state index contributed by atoms with van der Waals surface area (Å²) in [6.07, 6.45) is 7.61. The molecule has 172 valence electrons. The molecule has 2 atom stereocenters. The van der Waals surface area contributed by atoms with Crippen molar-refractivity contribution in [2.75, 3.05) is 24.6 Å². The van der Waals surface area contributed by atoms with Crippen LogP contribution in [-0.4, -0.2) is 30.6 Å². The van der Waals surface area contributed by atoms with Gasteiger partial charge in [0.1, 0.15) is 5.82 Å². The number of ether oxygens (including phenoxy) is 1. The molecule has 0 amide bonds. The molecule has 1 saturated heterocycles. The summed E-state index contributed by atoms with van der Waals surface area (Å²) in [7, 11) is 0. The van der Waals surface area contributed by atoms with Gasteiger partial charge in [-0.05, 0) is 57.1 Å². The Labute approximate surface area is 189 Å². The van der Waals surface area contributed by atoms with E-state index in [1.807, 2.05) is 26.1 Å². The summed E-state index contributed by atoms with van der Waals surface area (Å²) in [4.78, 5) is 19.3. The standard InChI is InChI=1S/C26H41N3O2/c1-7-9-10-21(8-2)17-31-23(30)12-11-19(3)24-20(4)13-14-28-25(24)29-15-22(16-29)26(5,6)18-27/h13-14,19,21-22H,7-12,15-17H2,1-6H3. The molecule has 2 rings (SSSR count). The molecule has 31 heavy (non-hydrogen) atoms. The highest BCUT2D eigenvalue weighted by Gasteiger charge is 2.40. The molecule has 0 bridgehead atoms. The number of carbonyl (C=O) groups is 1. The number of carbonyl (C=O) groups excluding carboxylic acids is 1. The average molecular weight is 428 g/mol. The van der Waals surface area contributed by atoms with E-state index in [1.54, 1.807) is 0 Å². The SMILES string of the molecule is CCCCC(CC)COC(=O)CCC(C)c1c(C)ccnc1N1CC(C(C)(C)C#N)C1. The lowest BCUT2D eigenvalue weighted by Gasteiger charge is -2.46. The van der Waals surface area contributed by atoms with Gasteiger partial charge in [0.15, 0.2) is 0 Å². The Bertz CT molecular complexity index is 762. The molecule has 0 aliphatic carbocycles. The fourth-order valence-electron chi connectivity index (χ4n) is 4.28. The van der Waals surface area contributed by atoms with Crippen molar-refractivity contribution in [3.8, 4) is 6.07 Å². The van der Waals surface area contributed by atoms with Gasteiger partial charge in [0.2, 0.25) is 0 Å². The lowest BCUT2D eigenvalue weighted by Crippen LogP contribution is -2.53. The normalized spacial score (nSPS) is 16.4. The first kappa shape index (κ1) is 25.2. The first-order valence-electron chi connectivity index (χ1n) is 12.0. The lowest BCUT2D eigenvalue weighted by atomic mass is 9.75. The van der Waals surface area contributed by atoms with Crippen molar-refractivity contribution in [1.29, 1.82) is 5.26 Å². The second kappa shape index (κ2) is 11.5. The van der Waals surface area contributed by atoms with E-state index in [1.165, 1.54) is 24.0 Å². The van der Waals surface area contributed by atoms with Crippen LogP contribution in [0.25, 0.3) is 0 Å². The number of hydrogen-bond donors (Lipinski definition) is 0. The van der Waals surface area contributed by atoms with Gasteiger partial charge in [-0.3, -0.25) is 4.79 Å². The van der Waals surface area contributed by atoms with Gasteiger partial charge in [-0.2, -0.15) is 5.26 Å². The molecule has 2 unspecified atom stereocenters. The fourth-order valence-corrected chi connectivity index (χ4v) is 4.28. The lowest BCUT2D eigenvalue weighted by molar-refractivity contribution is -0.145.